The van der Waals surface area contributed by atoms with Crippen molar-refractivity contribution in [1.29, 1.82) is 5.26 Å². The first-order chi connectivity index (χ1) is 12.4. The largest absolute Gasteiger partial charge is 0.508 e. The average Bonchev–Trinajstić information content (AvgIpc) is 2.99. The fourth-order valence-corrected chi connectivity index (χ4v) is 4.81. The van der Waals surface area contributed by atoms with E-state index in [9.17, 15) is 13.5 Å². The summed E-state index contributed by atoms with van der Waals surface area (Å²) in [7, 11) is -3.49. The number of rotatable bonds is 2. The maximum absolute atomic E-state index is 12.4. The molecule has 1 aliphatic rings. The molecule has 6 heteroatoms. The third kappa shape index (κ3) is 2.67. The highest BCUT2D eigenvalue weighted by molar-refractivity contribution is 7.92. The molecule has 0 amide bonds. The zero-order valence-corrected chi connectivity index (χ0v) is 14.9. The number of fused-ring (bicyclic) bond motifs is 2. The monoisotopic (exact) mass is 364 g/mol. The number of nitrogens with zero attached hydrogens (tertiary/aromatic N) is 2. The minimum atomic E-state index is -3.49. The summed E-state index contributed by atoms with van der Waals surface area (Å²) in [5.74, 6) is 0.120. The molecule has 130 valence electrons. The molecular formula is C20H16N2O3S. The lowest BCUT2D eigenvalue weighted by atomic mass is 9.98. The third-order valence-electron chi connectivity index (χ3n) is 4.73. The number of sulfonamides is 1. The van der Waals surface area contributed by atoms with Gasteiger partial charge in [0.1, 0.15) is 5.75 Å². The van der Waals surface area contributed by atoms with E-state index in [4.69, 9.17) is 5.26 Å². The van der Waals surface area contributed by atoms with E-state index in [-0.39, 0.29) is 11.8 Å². The van der Waals surface area contributed by atoms with Crippen molar-refractivity contribution in [1.82, 2.24) is 0 Å². The first-order valence-corrected chi connectivity index (χ1v) is 9.97. The lowest BCUT2D eigenvalue weighted by Gasteiger charge is -2.25. The molecule has 3 aromatic rings. The quantitative estimate of drug-likeness (QED) is 0.755. The van der Waals surface area contributed by atoms with Gasteiger partial charge in [-0.25, -0.2) is 8.42 Å². The molecule has 26 heavy (non-hydrogen) atoms. The molecule has 0 radical (unpaired) electrons. The normalized spacial score (nSPS) is 16.5. The van der Waals surface area contributed by atoms with Gasteiger partial charge in [0.05, 0.1) is 29.6 Å². The first-order valence-electron chi connectivity index (χ1n) is 8.12. The molecule has 0 bridgehead atoms. The molecule has 0 saturated heterocycles. The Morgan fingerprint density at radius 3 is 2.58 bits per heavy atom. The van der Waals surface area contributed by atoms with E-state index in [1.54, 1.807) is 24.3 Å². The predicted molar refractivity (Wildman–Crippen MR) is 101 cm³/mol. The van der Waals surface area contributed by atoms with Crippen LogP contribution in [0.25, 0.3) is 10.8 Å². The Balaban J connectivity index is 1.86. The molecule has 4 rings (SSSR count). The second-order valence-electron chi connectivity index (χ2n) is 6.52. The van der Waals surface area contributed by atoms with Crippen LogP contribution >= 0.6 is 0 Å². The van der Waals surface area contributed by atoms with Gasteiger partial charge in [-0.1, -0.05) is 18.2 Å². The van der Waals surface area contributed by atoms with E-state index in [2.05, 4.69) is 6.07 Å². The maximum Gasteiger partial charge on any atom is 0.232 e. The van der Waals surface area contributed by atoms with E-state index in [1.165, 1.54) is 16.6 Å². The van der Waals surface area contributed by atoms with Crippen LogP contribution in [0.4, 0.5) is 5.69 Å². The summed E-state index contributed by atoms with van der Waals surface area (Å²) in [6, 6.07) is 17.7. The van der Waals surface area contributed by atoms with Crippen molar-refractivity contribution >= 4 is 26.5 Å². The van der Waals surface area contributed by atoms with Crippen molar-refractivity contribution in [2.45, 2.75) is 12.5 Å². The summed E-state index contributed by atoms with van der Waals surface area (Å²) < 4.78 is 26.3. The van der Waals surface area contributed by atoms with Crippen molar-refractivity contribution < 1.29 is 13.5 Å². The number of phenolic OH excluding ortho intramolecular Hbond substituents is 1. The van der Waals surface area contributed by atoms with Crippen molar-refractivity contribution in [2.75, 3.05) is 10.6 Å². The van der Waals surface area contributed by atoms with Crippen molar-refractivity contribution in [3.05, 3.63) is 71.3 Å². The zero-order valence-electron chi connectivity index (χ0n) is 14.0. The number of aromatic hydroxyl groups is 1. The number of phenols is 1. The van der Waals surface area contributed by atoms with Gasteiger partial charge in [-0.15, -0.1) is 0 Å². The molecule has 1 aliphatic heterocycles. The molecular weight excluding hydrogens is 348 g/mol. The van der Waals surface area contributed by atoms with Gasteiger partial charge in [-0.3, -0.25) is 4.31 Å². The maximum atomic E-state index is 12.4. The number of hydrogen-bond donors (Lipinski definition) is 1. The molecule has 1 N–H and O–H groups in total. The van der Waals surface area contributed by atoms with E-state index in [0.717, 1.165) is 21.9 Å². The Hall–Kier alpha value is -3.04. The minimum Gasteiger partial charge on any atom is -0.508 e. The number of hydrogen-bond acceptors (Lipinski definition) is 4. The first kappa shape index (κ1) is 16.4. The number of nitriles is 1. The van der Waals surface area contributed by atoms with Crippen molar-refractivity contribution in [2.24, 2.45) is 0 Å². The van der Waals surface area contributed by atoms with E-state index >= 15 is 0 Å². The van der Waals surface area contributed by atoms with Gasteiger partial charge in [0.15, 0.2) is 0 Å². The molecule has 0 aromatic heterocycles. The second-order valence-corrected chi connectivity index (χ2v) is 8.38. The van der Waals surface area contributed by atoms with Gasteiger partial charge in [0.25, 0.3) is 0 Å². The van der Waals surface area contributed by atoms with Crippen LogP contribution in [0.5, 0.6) is 5.75 Å². The molecule has 0 saturated carbocycles. The Morgan fingerprint density at radius 2 is 1.85 bits per heavy atom. The SMILES string of the molecule is CS(=O)(=O)N1c2ccc(O)cc2CC1c1ccc2ccc(C#N)cc2c1. The molecule has 0 aliphatic carbocycles. The molecule has 5 nitrogen and oxygen atoms in total. The lowest BCUT2D eigenvalue weighted by molar-refractivity contribution is 0.475. The Bertz CT molecular complexity index is 1180. The molecule has 1 unspecified atom stereocenters. The van der Waals surface area contributed by atoms with Gasteiger partial charge < -0.3 is 5.11 Å². The Labute approximate surface area is 151 Å². The number of benzene rings is 3. The summed E-state index contributed by atoms with van der Waals surface area (Å²) in [6.07, 6.45) is 1.68. The lowest BCUT2D eigenvalue weighted by Crippen LogP contribution is -2.31. The van der Waals surface area contributed by atoms with Crippen LogP contribution < -0.4 is 4.31 Å². The van der Waals surface area contributed by atoms with Crippen LogP contribution in [0, 0.1) is 11.3 Å². The highest BCUT2D eigenvalue weighted by Gasteiger charge is 2.36. The molecule has 0 spiro atoms. The van der Waals surface area contributed by atoms with Crippen LogP contribution in [0.3, 0.4) is 0 Å². The summed E-state index contributed by atoms with van der Waals surface area (Å²) in [5, 5.41) is 20.7. The summed E-state index contributed by atoms with van der Waals surface area (Å²) in [6.45, 7) is 0. The Morgan fingerprint density at radius 1 is 1.08 bits per heavy atom. The average molecular weight is 364 g/mol. The van der Waals surface area contributed by atoms with Gasteiger partial charge in [-0.05, 0) is 58.3 Å². The minimum absolute atomic E-state index is 0.120. The van der Waals surface area contributed by atoms with Crippen LogP contribution in [0.15, 0.2) is 54.6 Å². The second kappa shape index (κ2) is 5.75. The van der Waals surface area contributed by atoms with Crippen molar-refractivity contribution in [3.63, 3.8) is 0 Å². The van der Waals surface area contributed by atoms with E-state index in [1.807, 2.05) is 24.3 Å². The highest BCUT2D eigenvalue weighted by atomic mass is 32.2. The van der Waals surface area contributed by atoms with Crippen LogP contribution in [-0.2, 0) is 16.4 Å². The van der Waals surface area contributed by atoms with Gasteiger partial charge in [-0.2, -0.15) is 5.26 Å². The molecule has 0 fully saturated rings. The summed E-state index contributed by atoms with van der Waals surface area (Å²) >= 11 is 0. The van der Waals surface area contributed by atoms with Crippen molar-refractivity contribution in [3.8, 4) is 11.8 Å². The summed E-state index contributed by atoms with van der Waals surface area (Å²) in [5.41, 5.74) is 2.82. The standard InChI is InChI=1S/C20H16N2O3S/c1-26(24,25)22-19-7-6-18(23)10-17(19)11-20(22)15-5-4-14-3-2-13(12-21)8-16(14)9-15/h2-10,20,23H,11H2,1H3. The van der Waals surface area contributed by atoms with Gasteiger partial charge in [0.2, 0.25) is 10.0 Å². The number of anilines is 1. The van der Waals surface area contributed by atoms with Gasteiger partial charge >= 0.3 is 0 Å². The van der Waals surface area contributed by atoms with Crippen LogP contribution in [0.2, 0.25) is 0 Å². The van der Waals surface area contributed by atoms with E-state index < -0.39 is 10.0 Å². The fraction of sp³-hybridized carbons (Fsp3) is 0.150. The van der Waals surface area contributed by atoms with E-state index in [0.29, 0.717) is 17.7 Å². The molecule has 1 atom stereocenters. The smallest absolute Gasteiger partial charge is 0.232 e. The third-order valence-corrected chi connectivity index (χ3v) is 5.90. The zero-order chi connectivity index (χ0) is 18.5. The van der Waals surface area contributed by atoms with Gasteiger partial charge in [0, 0.05) is 6.42 Å². The highest BCUT2D eigenvalue weighted by Crippen LogP contribution is 2.43. The van der Waals surface area contributed by atoms with Crippen LogP contribution in [0.1, 0.15) is 22.7 Å². The fourth-order valence-electron chi connectivity index (χ4n) is 3.61. The molecule has 3 aromatic carbocycles. The topological polar surface area (TPSA) is 81.4 Å². The Kier molecular flexibility index (Phi) is 3.63. The summed E-state index contributed by atoms with van der Waals surface area (Å²) in [4.78, 5) is 0. The predicted octanol–water partition coefficient (Wildman–Crippen LogP) is 3.48. The van der Waals surface area contributed by atoms with Crippen LogP contribution in [-0.4, -0.2) is 19.8 Å². The molecule has 1 heterocycles.